The van der Waals surface area contributed by atoms with Gasteiger partial charge in [-0.25, -0.2) is 9.59 Å². The van der Waals surface area contributed by atoms with E-state index in [4.69, 9.17) is 18.6 Å². The number of furan rings is 1. The molecule has 33 heavy (non-hydrogen) atoms. The fourth-order valence-electron chi connectivity index (χ4n) is 2.89. The van der Waals surface area contributed by atoms with Crippen LogP contribution in [0.25, 0.3) is 0 Å². The molecule has 3 aromatic rings. The summed E-state index contributed by atoms with van der Waals surface area (Å²) >= 11 is 4.35. The molecule has 0 fully saturated rings. The molecule has 0 aliphatic carbocycles. The quantitative estimate of drug-likeness (QED) is 0.355. The zero-order valence-corrected chi connectivity index (χ0v) is 20.6. The second kappa shape index (κ2) is 11.2. The average molecular weight is 536 g/mol. The molecule has 2 heterocycles. The van der Waals surface area contributed by atoms with Crippen LogP contribution in [0.5, 0.6) is 5.75 Å². The molecule has 2 aromatic heterocycles. The number of carbonyl (C=O) groups is 3. The highest BCUT2D eigenvalue weighted by Gasteiger charge is 2.28. The summed E-state index contributed by atoms with van der Waals surface area (Å²) in [5.74, 6) is -0.686. The highest BCUT2D eigenvalue weighted by atomic mass is 79.9. The van der Waals surface area contributed by atoms with Crippen molar-refractivity contribution in [2.45, 2.75) is 27.4 Å². The molecule has 1 amide bonds. The minimum absolute atomic E-state index is 0.0271. The lowest BCUT2D eigenvalue weighted by atomic mass is 10.1. The van der Waals surface area contributed by atoms with Gasteiger partial charge in [0, 0.05) is 0 Å². The fraction of sp³-hybridized carbons (Fsp3) is 0.261. The minimum atomic E-state index is -0.640. The largest absolute Gasteiger partial charge is 0.484 e. The monoisotopic (exact) mass is 535 g/mol. The molecule has 0 aliphatic rings. The van der Waals surface area contributed by atoms with Gasteiger partial charge in [0.25, 0.3) is 5.91 Å². The summed E-state index contributed by atoms with van der Waals surface area (Å²) in [7, 11) is 0. The molecule has 0 bridgehead atoms. The number of amides is 1. The van der Waals surface area contributed by atoms with Crippen LogP contribution in [0.2, 0.25) is 0 Å². The molecule has 174 valence electrons. The van der Waals surface area contributed by atoms with Crippen molar-refractivity contribution in [1.82, 2.24) is 0 Å². The molecule has 0 saturated heterocycles. The summed E-state index contributed by atoms with van der Waals surface area (Å²) in [6, 6.07) is 10.5. The van der Waals surface area contributed by atoms with Crippen LogP contribution in [-0.2, 0) is 16.1 Å². The van der Waals surface area contributed by atoms with Crippen LogP contribution in [-0.4, -0.2) is 31.1 Å². The first-order valence-corrected chi connectivity index (χ1v) is 11.7. The van der Waals surface area contributed by atoms with Crippen molar-refractivity contribution in [1.29, 1.82) is 0 Å². The molecule has 10 heteroatoms. The third kappa shape index (κ3) is 5.82. The number of ether oxygens (including phenoxy) is 3. The summed E-state index contributed by atoms with van der Waals surface area (Å²) in [5.41, 5.74) is 0.497. The van der Waals surface area contributed by atoms with Gasteiger partial charge in [-0.2, -0.15) is 0 Å². The van der Waals surface area contributed by atoms with Crippen LogP contribution < -0.4 is 10.1 Å². The Hall–Kier alpha value is -3.11. The van der Waals surface area contributed by atoms with Crippen LogP contribution in [0, 0.1) is 6.92 Å². The lowest BCUT2D eigenvalue weighted by molar-refractivity contribution is 0.0527. The molecule has 8 nitrogen and oxygen atoms in total. The highest BCUT2D eigenvalue weighted by molar-refractivity contribution is 9.10. The van der Waals surface area contributed by atoms with Crippen molar-refractivity contribution in [3.63, 3.8) is 0 Å². The molecule has 0 unspecified atom stereocenters. The van der Waals surface area contributed by atoms with E-state index < -0.39 is 17.8 Å². The molecule has 0 spiro atoms. The molecule has 0 aliphatic heterocycles. The van der Waals surface area contributed by atoms with E-state index in [9.17, 15) is 14.4 Å². The molecular formula is C23H22BrNO7S. The molecule has 1 aromatic carbocycles. The van der Waals surface area contributed by atoms with Gasteiger partial charge in [0.15, 0.2) is 5.76 Å². The van der Waals surface area contributed by atoms with E-state index in [2.05, 4.69) is 21.2 Å². The number of thiophene rings is 1. The number of para-hydroxylation sites is 1. The van der Waals surface area contributed by atoms with Gasteiger partial charge in [-0.1, -0.05) is 12.1 Å². The van der Waals surface area contributed by atoms with Crippen molar-refractivity contribution in [3.05, 3.63) is 68.4 Å². The topological polar surface area (TPSA) is 104 Å². The number of benzene rings is 1. The molecule has 0 atom stereocenters. The van der Waals surface area contributed by atoms with Gasteiger partial charge in [0.2, 0.25) is 0 Å². The summed E-state index contributed by atoms with van der Waals surface area (Å²) < 4.78 is 22.2. The van der Waals surface area contributed by atoms with E-state index in [1.165, 1.54) is 6.07 Å². The highest BCUT2D eigenvalue weighted by Crippen LogP contribution is 2.35. The van der Waals surface area contributed by atoms with E-state index in [0.29, 0.717) is 17.1 Å². The fourth-order valence-corrected chi connectivity index (χ4v) is 4.38. The van der Waals surface area contributed by atoms with E-state index in [0.717, 1.165) is 15.8 Å². The lowest BCUT2D eigenvalue weighted by Gasteiger charge is -2.07. The van der Waals surface area contributed by atoms with Crippen molar-refractivity contribution in [2.75, 3.05) is 18.5 Å². The van der Waals surface area contributed by atoms with Gasteiger partial charge in [-0.15, -0.1) is 11.3 Å². The zero-order chi connectivity index (χ0) is 24.0. The van der Waals surface area contributed by atoms with Crippen molar-refractivity contribution in [2.24, 2.45) is 0 Å². The maximum atomic E-state index is 12.8. The SMILES string of the molecule is CCOC(=O)c1sc(NC(=O)c2ccc(COc3ccccc3Br)o2)c(C(=O)OCC)c1C. The Morgan fingerprint density at radius 1 is 1.03 bits per heavy atom. The number of halogens is 1. The van der Waals surface area contributed by atoms with Crippen molar-refractivity contribution >= 4 is 50.1 Å². The van der Waals surface area contributed by atoms with Crippen LogP contribution in [0.1, 0.15) is 55.8 Å². The Balaban J connectivity index is 1.78. The molecule has 3 rings (SSSR count). The summed E-state index contributed by atoms with van der Waals surface area (Å²) in [6.07, 6.45) is 0. The number of anilines is 1. The Labute approximate surface area is 203 Å². The first kappa shape index (κ1) is 24.5. The third-order valence-electron chi connectivity index (χ3n) is 4.41. The van der Waals surface area contributed by atoms with Gasteiger partial charge in [-0.3, -0.25) is 4.79 Å². The van der Waals surface area contributed by atoms with Crippen LogP contribution in [0.3, 0.4) is 0 Å². The lowest BCUT2D eigenvalue weighted by Crippen LogP contribution is -2.14. The van der Waals surface area contributed by atoms with Crippen molar-refractivity contribution in [3.8, 4) is 5.75 Å². The Kier molecular flexibility index (Phi) is 8.29. The Morgan fingerprint density at radius 3 is 2.42 bits per heavy atom. The van der Waals surface area contributed by atoms with Crippen LogP contribution in [0.4, 0.5) is 5.00 Å². The Bertz CT molecular complexity index is 1170. The van der Waals surface area contributed by atoms with Gasteiger partial charge in [0.1, 0.15) is 28.0 Å². The zero-order valence-electron chi connectivity index (χ0n) is 18.2. The van der Waals surface area contributed by atoms with E-state index in [-0.39, 0.29) is 41.0 Å². The number of rotatable bonds is 9. The summed E-state index contributed by atoms with van der Waals surface area (Å²) in [4.78, 5) is 37.8. The van der Waals surface area contributed by atoms with Crippen LogP contribution >= 0.6 is 27.3 Å². The average Bonchev–Trinajstić information content (AvgIpc) is 3.38. The first-order valence-electron chi connectivity index (χ1n) is 10.1. The molecular weight excluding hydrogens is 514 g/mol. The normalized spacial score (nSPS) is 10.5. The van der Waals surface area contributed by atoms with Crippen LogP contribution in [0.15, 0.2) is 45.3 Å². The predicted octanol–water partition coefficient (Wildman–Crippen LogP) is 5.60. The minimum Gasteiger partial charge on any atom is -0.484 e. The number of nitrogens with one attached hydrogen (secondary N) is 1. The predicted molar refractivity (Wildman–Crippen MR) is 126 cm³/mol. The summed E-state index contributed by atoms with van der Waals surface area (Å²) in [5, 5.41) is 2.83. The molecule has 0 radical (unpaired) electrons. The maximum absolute atomic E-state index is 12.8. The standard InChI is InChI=1S/C23H22BrNO7S/c1-4-29-22(27)18-13(3)19(23(28)30-5-2)33-21(18)25-20(26)17-11-10-14(32-17)12-31-16-9-7-6-8-15(16)24/h6-11H,4-5,12H2,1-3H3,(H,25,26). The maximum Gasteiger partial charge on any atom is 0.348 e. The second-order valence-electron chi connectivity index (χ2n) is 6.64. The summed E-state index contributed by atoms with van der Waals surface area (Å²) in [6.45, 7) is 5.41. The van der Waals surface area contributed by atoms with Gasteiger partial charge >= 0.3 is 11.9 Å². The van der Waals surface area contributed by atoms with Gasteiger partial charge in [0.05, 0.1) is 23.2 Å². The number of carbonyl (C=O) groups excluding carboxylic acids is 3. The number of hydrogen-bond donors (Lipinski definition) is 1. The van der Waals surface area contributed by atoms with E-state index >= 15 is 0 Å². The molecule has 1 N–H and O–H groups in total. The van der Waals surface area contributed by atoms with Crippen molar-refractivity contribution < 1.29 is 33.0 Å². The molecule has 0 saturated carbocycles. The van der Waals surface area contributed by atoms with E-state index in [1.54, 1.807) is 32.9 Å². The Morgan fingerprint density at radius 2 is 1.73 bits per heavy atom. The smallest absolute Gasteiger partial charge is 0.348 e. The number of hydrogen-bond acceptors (Lipinski definition) is 8. The number of esters is 2. The van der Waals surface area contributed by atoms with Gasteiger partial charge < -0.3 is 23.9 Å². The van der Waals surface area contributed by atoms with E-state index in [1.807, 2.05) is 18.2 Å². The second-order valence-corrected chi connectivity index (χ2v) is 8.52. The first-order chi connectivity index (χ1) is 15.8. The third-order valence-corrected chi connectivity index (χ3v) is 6.25. The van der Waals surface area contributed by atoms with Gasteiger partial charge in [-0.05, 0) is 66.5 Å².